The van der Waals surface area contributed by atoms with Crippen LogP contribution in [0.4, 0.5) is 13.2 Å². The van der Waals surface area contributed by atoms with Crippen molar-refractivity contribution in [2.75, 3.05) is 13.1 Å². The number of aryl methyl sites for hydroxylation is 1. The molecule has 0 bridgehead atoms. The third-order valence-corrected chi connectivity index (χ3v) is 5.25. The number of nitrogens with zero attached hydrogens (tertiary/aromatic N) is 3. The van der Waals surface area contributed by atoms with E-state index in [-0.39, 0.29) is 5.91 Å². The van der Waals surface area contributed by atoms with Gasteiger partial charge in [-0.1, -0.05) is 0 Å². The molecule has 2 atom stereocenters. The molecule has 1 fully saturated rings. The highest BCUT2D eigenvalue weighted by Gasteiger charge is 2.35. The van der Waals surface area contributed by atoms with Crippen molar-refractivity contribution in [3.05, 3.63) is 39.8 Å². The van der Waals surface area contributed by atoms with Gasteiger partial charge in [-0.25, -0.2) is 0 Å². The Morgan fingerprint density at radius 2 is 2.21 bits per heavy atom. The van der Waals surface area contributed by atoms with Crippen LogP contribution in [-0.2, 0) is 11.0 Å². The van der Waals surface area contributed by atoms with Crippen LogP contribution in [0.1, 0.15) is 41.4 Å². The molecule has 0 aromatic carbocycles. The lowest BCUT2D eigenvalue weighted by Gasteiger charge is -2.21. The fraction of sp³-hybridized carbons (Fsp3) is 0.500. The first-order valence-electron chi connectivity index (χ1n) is 7.72. The van der Waals surface area contributed by atoms with E-state index in [9.17, 15) is 18.0 Å². The second-order valence-electron chi connectivity index (χ2n) is 6.12. The number of hydrogen-bond donors (Lipinski definition) is 0. The summed E-state index contributed by atoms with van der Waals surface area (Å²) >= 11 is 1.68. The predicted octanol–water partition coefficient (Wildman–Crippen LogP) is 3.85. The molecule has 1 amide bonds. The summed E-state index contributed by atoms with van der Waals surface area (Å²) in [5.41, 5.74) is 0.258. The number of alkyl halides is 3. The van der Waals surface area contributed by atoms with Crippen molar-refractivity contribution < 1.29 is 18.0 Å². The number of likely N-dealkylation sites (tertiary alicyclic amines) is 1. The maximum absolute atomic E-state index is 12.6. The Hall–Kier alpha value is -1.83. The number of halogens is 3. The normalized spacial score (nSPS) is 19.7. The molecule has 24 heavy (non-hydrogen) atoms. The van der Waals surface area contributed by atoms with Crippen LogP contribution in [0.3, 0.4) is 0 Å². The molecule has 1 aliphatic heterocycles. The van der Waals surface area contributed by atoms with Gasteiger partial charge >= 0.3 is 6.18 Å². The number of carbonyl (C=O) groups excluding carboxylic acids is 1. The van der Waals surface area contributed by atoms with Gasteiger partial charge in [0.05, 0.1) is 0 Å². The zero-order valence-corrected chi connectivity index (χ0v) is 14.2. The summed E-state index contributed by atoms with van der Waals surface area (Å²) in [6, 6.07) is 2.28. The molecule has 0 radical (unpaired) electrons. The smallest absolute Gasteiger partial charge is 0.340 e. The fourth-order valence-corrected chi connectivity index (χ4v) is 3.78. The first kappa shape index (κ1) is 17.0. The topological polar surface area (TPSA) is 38.1 Å². The van der Waals surface area contributed by atoms with Crippen molar-refractivity contribution in [2.24, 2.45) is 0 Å². The lowest BCUT2D eigenvalue weighted by molar-refractivity contribution is -0.142. The summed E-state index contributed by atoms with van der Waals surface area (Å²) < 4.78 is 39.0. The lowest BCUT2D eigenvalue weighted by Crippen LogP contribution is -2.34. The molecule has 0 spiro atoms. The first-order valence-corrected chi connectivity index (χ1v) is 8.60. The third kappa shape index (κ3) is 3.33. The minimum absolute atomic E-state index is 0.193. The van der Waals surface area contributed by atoms with E-state index in [2.05, 4.69) is 16.5 Å². The van der Waals surface area contributed by atoms with E-state index in [0.717, 1.165) is 17.2 Å². The van der Waals surface area contributed by atoms with Crippen LogP contribution in [0, 0.1) is 6.92 Å². The van der Waals surface area contributed by atoms with Gasteiger partial charge in [0.2, 0.25) is 5.91 Å². The van der Waals surface area contributed by atoms with E-state index in [0.29, 0.717) is 19.0 Å². The summed E-state index contributed by atoms with van der Waals surface area (Å²) in [7, 11) is 0. The average molecular weight is 357 g/mol. The molecule has 1 aliphatic rings. The molecule has 2 unspecified atom stereocenters. The van der Waals surface area contributed by atoms with Crippen molar-refractivity contribution in [2.45, 2.75) is 38.4 Å². The van der Waals surface area contributed by atoms with Gasteiger partial charge < -0.3 is 4.90 Å². The van der Waals surface area contributed by atoms with Crippen LogP contribution in [-0.4, -0.2) is 33.7 Å². The fourth-order valence-electron chi connectivity index (χ4n) is 2.99. The zero-order valence-electron chi connectivity index (χ0n) is 13.4. The molecule has 0 aliphatic carbocycles. The second kappa shape index (κ2) is 6.23. The van der Waals surface area contributed by atoms with Crippen LogP contribution in [0.15, 0.2) is 23.7 Å². The molecule has 2 aromatic rings. The molecule has 3 heterocycles. The van der Waals surface area contributed by atoms with Crippen molar-refractivity contribution in [1.82, 2.24) is 14.7 Å². The van der Waals surface area contributed by atoms with E-state index in [4.69, 9.17) is 0 Å². The Balaban J connectivity index is 1.67. The molecular formula is C16H18F3N3OS. The summed E-state index contributed by atoms with van der Waals surface area (Å²) in [5.74, 6) is 0.107. The monoisotopic (exact) mass is 357 g/mol. The molecule has 2 aromatic heterocycles. The van der Waals surface area contributed by atoms with Crippen molar-refractivity contribution in [3.63, 3.8) is 0 Å². The van der Waals surface area contributed by atoms with E-state index in [1.54, 1.807) is 23.2 Å². The van der Waals surface area contributed by atoms with Crippen LogP contribution in [0.5, 0.6) is 0 Å². The number of hydrogen-bond acceptors (Lipinski definition) is 3. The van der Waals surface area contributed by atoms with E-state index in [1.807, 2.05) is 6.92 Å². The number of amides is 1. The first-order chi connectivity index (χ1) is 11.3. The van der Waals surface area contributed by atoms with Gasteiger partial charge in [0.15, 0.2) is 5.69 Å². The molecule has 8 heteroatoms. The summed E-state index contributed by atoms with van der Waals surface area (Å²) in [6.07, 6.45) is -2.41. The second-order valence-corrected chi connectivity index (χ2v) is 7.23. The third-order valence-electron chi connectivity index (χ3n) is 4.38. The molecule has 130 valence electrons. The Morgan fingerprint density at radius 3 is 2.79 bits per heavy atom. The zero-order chi connectivity index (χ0) is 17.5. The molecule has 4 nitrogen and oxygen atoms in total. The van der Waals surface area contributed by atoms with Crippen LogP contribution in [0.2, 0.25) is 0 Å². The van der Waals surface area contributed by atoms with Crippen molar-refractivity contribution >= 4 is 17.2 Å². The van der Waals surface area contributed by atoms with Gasteiger partial charge in [-0.15, -0.1) is 11.3 Å². The summed E-state index contributed by atoms with van der Waals surface area (Å²) in [4.78, 5) is 15.5. The minimum Gasteiger partial charge on any atom is -0.340 e. The molecule has 1 saturated heterocycles. The van der Waals surface area contributed by atoms with Gasteiger partial charge in [0, 0.05) is 30.1 Å². The Kier molecular flexibility index (Phi) is 4.42. The largest absolute Gasteiger partial charge is 0.435 e. The van der Waals surface area contributed by atoms with Gasteiger partial charge in [-0.3, -0.25) is 9.48 Å². The summed E-state index contributed by atoms with van der Waals surface area (Å²) in [6.45, 7) is 4.85. The standard InChI is InChI=1S/C16H18F3N3OS/c1-10-7-13(9-24-10)12-3-5-21(8-12)15(23)11(2)22-6-4-14(20-22)16(17,18)19/h4,6-7,9,11-12H,3,5,8H2,1-2H3. The molecule has 0 saturated carbocycles. The number of thiophene rings is 1. The highest BCUT2D eigenvalue weighted by Crippen LogP contribution is 2.32. The maximum atomic E-state index is 12.6. The average Bonchev–Trinajstić information content (AvgIpc) is 3.24. The quantitative estimate of drug-likeness (QED) is 0.837. The Bertz CT molecular complexity index is 737. The highest BCUT2D eigenvalue weighted by molar-refractivity contribution is 7.10. The maximum Gasteiger partial charge on any atom is 0.435 e. The van der Waals surface area contributed by atoms with Gasteiger partial charge in [-0.2, -0.15) is 18.3 Å². The SMILES string of the molecule is Cc1cc(C2CCN(C(=O)C(C)n3ccc(C(F)(F)F)n3)C2)cs1. The van der Waals surface area contributed by atoms with Crippen LogP contribution in [0.25, 0.3) is 0 Å². The number of aromatic nitrogens is 2. The number of rotatable bonds is 3. The molecule has 3 rings (SSSR count). The van der Waals surface area contributed by atoms with Crippen LogP contribution >= 0.6 is 11.3 Å². The van der Waals surface area contributed by atoms with Gasteiger partial charge in [0.25, 0.3) is 0 Å². The van der Waals surface area contributed by atoms with E-state index < -0.39 is 17.9 Å². The van der Waals surface area contributed by atoms with Gasteiger partial charge in [-0.05, 0) is 43.3 Å². The van der Waals surface area contributed by atoms with E-state index in [1.165, 1.54) is 16.6 Å². The number of carbonyl (C=O) groups is 1. The van der Waals surface area contributed by atoms with Crippen molar-refractivity contribution in [3.8, 4) is 0 Å². The predicted molar refractivity (Wildman–Crippen MR) is 84.9 cm³/mol. The lowest BCUT2D eigenvalue weighted by atomic mass is 10.0. The molecular weight excluding hydrogens is 339 g/mol. The van der Waals surface area contributed by atoms with Crippen LogP contribution < -0.4 is 0 Å². The minimum atomic E-state index is -4.50. The summed E-state index contributed by atoms with van der Waals surface area (Å²) in [5, 5.41) is 5.61. The highest BCUT2D eigenvalue weighted by atomic mass is 32.1. The Morgan fingerprint density at radius 1 is 1.46 bits per heavy atom. The van der Waals surface area contributed by atoms with E-state index >= 15 is 0 Å². The van der Waals surface area contributed by atoms with Gasteiger partial charge in [0.1, 0.15) is 6.04 Å². The molecule has 0 N–H and O–H groups in total. The Labute approximate surface area is 141 Å². The van der Waals surface area contributed by atoms with Crippen molar-refractivity contribution in [1.29, 1.82) is 0 Å².